The van der Waals surface area contributed by atoms with Gasteiger partial charge < -0.3 is 4.55 Å². The average molecular weight is 286 g/mol. The Labute approximate surface area is 121 Å². The van der Waals surface area contributed by atoms with Gasteiger partial charge in [-0.1, -0.05) is 12.0 Å². The van der Waals surface area contributed by atoms with Crippen LogP contribution in [-0.2, 0) is 16.0 Å². The van der Waals surface area contributed by atoms with Gasteiger partial charge in [0.25, 0.3) is 0 Å². The van der Waals surface area contributed by atoms with Crippen molar-refractivity contribution in [2.75, 3.05) is 5.75 Å². The van der Waals surface area contributed by atoms with Gasteiger partial charge in [0.2, 0.25) is 5.91 Å². The molecule has 1 aromatic carbocycles. The average Bonchev–Trinajstić information content (AvgIpc) is 2.47. The predicted octanol–water partition coefficient (Wildman–Crippen LogP) is 1.71. The lowest BCUT2D eigenvalue weighted by molar-refractivity contribution is -0.121. The van der Waals surface area contributed by atoms with Crippen LogP contribution >= 0.6 is 0 Å². The molecule has 0 aliphatic carbocycles. The highest BCUT2D eigenvalue weighted by Crippen LogP contribution is 2.13. The van der Waals surface area contributed by atoms with Crippen molar-refractivity contribution in [3.8, 4) is 12.3 Å². The molecule has 1 aromatic rings. The smallest absolute Gasteiger partial charge is 0.240 e. The lowest BCUT2D eigenvalue weighted by Crippen LogP contribution is -2.24. The summed E-state index contributed by atoms with van der Waals surface area (Å²) in [6.07, 6.45) is 10.0. The molecular formula is C15H14N2O2S. The summed E-state index contributed by atoms with van der Waals surface area (Å²) < 4.78 is 11.7. The highest BCUT2D eigenvalue weighted by molar-refractivity contribution is 7.91. The maximum atomic E-state index is 11.7. The van der Waals surface area contributed by atoms with Gasteiger partial charge in [-0.2, -0.15) is 5.10 Å². The first-order valence-electron chi connectivity index (χ1n) is 6.14. The van der Waals surface area contributed by atoms with Gasteiger partial charge in [0.1, 0.15) is 0 Å². The fraction of sp³-hybridized carbons (Fsp3) is 0.200. The van der Waals surface area contributed by atoms with Crippen molar-refractivity contribution in [2.45, 2.75) is 17.7 Å². The van der Waals surface area contributed by atoms with Crippen molar-refractivity contribution in [2.24, 2.45) is 5.10 Å². The van der Waals surface area contributed by atoms with Crippen molar-refractivity contribution < 1.29 is 9.35 Å². The quantitative estimate of drug-likeness (QED) is 0.676. The Balaban J connectivity index is 2.00. The largest absolute Gasteiger partial charge is 0.611 e. The number of carbonyl (C=O) groups excluding carboxylic acids is 1. The number of hydrogen-bond acceptors (Lipinski definition) is 3. The normalized spacial score (nSPS) is 16.4. The van der Waals surface area contributed by atoms with Gasteiger partial charge in [-0.05, 0) is 47.1 Å². The molecule has 1 aliphatic heterocycles. The van der Waals surface area contributed by atoms with E-state index >= 15 is 0 Å². The number of allylic oxidation sites excluding steroid dienone is 1. The molecule has 0 spiro atoms. The maximum Gasteiger partial charge on any atom is 0.240 e. The summed E-state index contributed by atoms with van der Waals surface area (Å²) in [7, 11) is 0. The number of terminal acetylenes is 1. The summed E-state index contributed by atoms with van der Waals surface area (Å²) in [5, 5.41) is 3.96. The van der Waals surface area contributed by atoms with Crippen LogP contribution < -0.4 is 5.43 Å². The monoisotopic (exact) mass is 286 g/mol. The Kier molecular flexibility index (Phi) is 4.99. The number of benzene rings is 1. The van der Waals surface area contributed by atoms with Crippen LogP contribution in [0.15, 0.2) is 40.3 Å². The summed E-state index contributed by atoms with van der Waals surface area (Å²) in [5.74, 6) is 2.56. The third-order valence-corrected chi connectivity index (χ3v) is 3.98. The van der Waals surface area contributed by atoms with Crippen molar-refractivity contribution in [3.63, 3.8) is 0 Å². The van der Waals surface area contributed by atoms with Gasteiger partial charge in [-0.25, -0.2) is 5.43 Å². The van der Waals surface area contributed by atoms with E-state index < -0.39 is 11.2 Å². The van der Waals surface area contributed by atoms with Crippen LogP contribution in [0, 0.1) is 12.3 Å². The molecule has 102 valence electrons. The van der Waals surface area contributed by atoms with Crippen molar-refractivity contribution in [3.05, 3.63) is 35.9 Å². The third kappa shape index (κ3) is 3.98. The number of rotatable bonds is 4. The van der Waals surface area contributed by atoms with Crippen LogP contribution in [0.1, 0.15) is 18.4 Å². The van der Waals surface area contributed by atoms with Crippen LogP contribution in [0.25, 0.3) is 6.08 Å². The minimum atomic E-state index is -1.14. The van der Waals surface area contributed by atoms with Crippen LogP contribution in [-0.4, -0.2) is 21.9 Å². The molecule has 0 saturated heterocycles. The molecular weight excluding hydrogens is 272 g/mol. The summed E-state index contributed by atoms with van der Waals surface area (Å²) in [6.45, 7) is 0. The Morgan fingerprint density at radius 2 is 2.10 bits per heavy atom. The first-order chi connectivity index (χ1) is 9.69. The van der Waals surface area contributed by atoms with Crippen molar-refractivity contribution in [1.82, 2.24) is 5.43 Å². The van der Waals surface area contributed by atoms with E-state index in [1.807, 2.05) is 24.3 Å². The minimum Gasteiger partial charge on any atom is -0.611 e. The Morgan fingerprint density at radius 3 is 2.70 bits per heavy atom. The molecule has 0 fully saturated rings. The fourth-order valence-electron chi connectivity index (χ4n) is 1.69. The molecule has 1 atom stereocenters. The fourth-order valence-corrected chi connectivity index (χ4v) is 2.45. The molecule has 0 aromatic heterocycles. The number of hydrazone groups is 1. The first kappa shape index (κ1) is 14.4. The Hall–Kier alpha value is -2.03. The standard InChI is InChI=1S/C15H14N2O2S/c1-2-11-20(19)14-8-4-12(5-9-14)3-6-13-7-10-15(18)17-16-13/h1,3-6,8-9H,7,10-11H2,(H,17,18). The van der Waals surface area contributed by atoms with Crippen LogP contribution in [0.4, 0.5) is 0 Å². The molecule has 1 heterocycles. The second-order valence-electron chi connectivity index (χ2n) is 4.23. The Morgan fingerprint density at radius 1 is 1.35 bits per heavy atom. The van der Waals surface area contributed by atoms with E-state index in [9.17, 15) is 9.35 Å². The lowest BCUT2D eigenvalue weighted by atomic mass is 10.1. The van der Waals surface area contributed by atoms with Crippen LogP contribution in [0.5, 0.6) is 0 Å². The number of nitrogens with zero attached hydrogens (tertiary/aromatic N) is 1. The molecule has 0 saturated carbocycles. The van der Waals surface area contributed by atoms with Crippen LogP contribution in [0.3, 0.4) is 0 Å². The van der Waals surface area contributed by atoms with Gasteiger partial charge in [-0.15, -0.1) is 6.42 Å². The molecule has 1 N–H and O–H groups in total. The van der Waals surface area contributed by atoms with Gasteiger partial charge in [0.05, 0.1) is 5.71 Å². The summed E-state index contributed by atoms with van der Waals surface area (Å²) in [4.78, 5) is 11.7. The first-order valence-corrected chi connectivity index (χ1v) is 7.46. The molecule has 0 bridgehead atoms. The number of nitrogens with one attached hydrogen (secondary N) is 1. The molecule has 1 aliphatic rings. The second-order valence-corrected chi connectivity index (χ2v) is 5.69. The zero-order chi connectivity index (χ0) is 14.4. The van der Waals surface area contributed by atoms with Gasteiger partial charge in [-0.3, -0.25) is 4.79 Å². The molecule has 0 radical (unpaired) electrons. The molecule has 1 amide bonds. The second kappa shape index (κ2) is 6.94. The van der Waals surface area contributed by atoms with Gasteiger partial charge >= 0.3 is 0 Å². The predicted molar refractivity (Wildman–Crippen MR) is 80.4 cm³/mol. The number of amides is 1. The van der Waals surface area contributed by atoms with E-state index in [0.717, 1.165) is 16.2 Å². The Bertz CT molecular complexity index is 585. The summed E-state index contributed by atoms with van der Waals surface area (Å²) >= 11 is -1.14. The summed E-state index contributed by atoms with van der Waals surface area (Å²) in [6, 6.07) is 7.36. The molecule has 1 unspecified atom stereocenters. The molecule has 2 rings (SSSR count). The van der Waals surface area contributed by atoms with Crippen molar-refractivity contribution >= 4 is 28.9 Å². The summed E-state index contributed by atoms with van der Waals surface area (Å²) in [5.41, 5.74) is 4.26. The van der Waals surface area contributed by atoms with E-state index in [-0.39, 0.29) is 11.7 Å². The number of carbonyl (C=O) groups is 1. The van der Waals surface area contributed by atoms with E-state index in [4.69, 9.17) is 6.42 Å². The number of hydrogen-bond donors (Lipinski definition) is 1. The van der Waals surface area contributed by atoms with Gasteiger partial charge in [0, 0.05) is 12.8 Å². The van der Waals surface area contributed by atoms with Crippen molar-refractivity contribution in [1.29, 1.82) is 0 Å². The zero-order valence-electron chi connectivity index (χ0n) is 10.8. The zero-order valence-corrected chi connectivity index (χ0v) is 11.7. The third-order valence-electron chi connectivity index (χ3n) is 2.76. The van der Waals surface area contributed by atoms with Gasteiger partial charge in [0.15, 0.2) is 10.6 Å². The minimum absolute atomic E-state index is 0.0532. The molecule has 5 heteroatoms. The van der Waals surface area contributed by atoms with E-state index in [0.29, 0.717) is 12.8 Å². The SMILES string of the molecule is C#CC[S+]([O-])c1ccc(C=CC2=NNC(=O)CC2)cc1. The van der Waals surface area contributed by atoms with E-state index in [2.05, 4.69) is 16.4 Å². The van der Waals surface area contributed by atoms with E-state index in [1.54, 1.807) is 12.1 Å². The highest BCUT2D eigenvalue weighted by Gasteiger charge is 2.09. The topological polar surface area (TPSA) is 64.5 Å². The highest BCUT2D eigenvalue weighted by atomic mass is 32.2. The lowest BCUT2D eigenvalue weighted by Gasteiger charge is -2.08. The molecule has 20 heavy (non-hydrogen) atoms. The maximum absolute atomic E-state index is 11.7. The van der Waals surface area contributed by atoms with Crippen LogP contribution in [0.2, 0.25) is 0 Å². The van der Waals surface area contributed by atoms with E-state index in [1.165, 1.54) is 0 Å². The molecule has 4 nitrogen and oxygen atoms in total.